The van der Waals surface area contributed by atoms with E-state index in [-0.39, 0.29) is 47.6 Å². The van der Waals surface area contributed by atoms with Gasteiger partial charge in [-0.2, -0.15) is 0 Å². The number of fused-ring (bicyclic) bond motifs is 1. The lowest BCUT2D eigenvalue weighted by atomic mass is 9.87. The fourth-order valence-corrected chi connectivity index (χ4v) is 6.98. The molecule has 5 rings (SSSR count). The second-order valence-corrected chi connectivity index (χ2v) is 14.1. The van der Waals surface area contributed by atoms with Crippen LogP contribution in [0.15, 0.2) is 29.6 Å². The fourth-order valence-electron chi connectivity index (χ4n) is 6.10. The van der Waals surface area contributed by atoms with Gasteiger partial charge in [-0.1, -0.05) is 46.8 Å². The number of ketones is 1. The first-order valence-electron chi connectivity index (χ1n) is 14.7. The maximum Gasteiger partial charge on any atom is 0.251 e. The number of hydrogen-bond donors (Lipinski definition) is 1. The number of hydrogen-bond acceptors (Lipinski definition) is 8. The van der Waals surface area contributed by atoms with Crippen LogP contribution < -0.4 is 10.2 Å². The second-order valence-electron chi connectivity index (χ2n) is 13.3. The van der Waals surface area contributed by atoms with Crippen LogP contribution in [0, 0.1) is 17.3 Å². The number of benzene rings is 1. The lowest BCUT2D eigenvalue weighted by molar-refractivity contribution is -0.138. The molecule has 0 aliphatic carbocycles. The van der Waals surface area contributed by atoms with E-state index in [1.165, 1.54) is 0 Å². The molecule has 0 bridgehead atoms. The summed E-state index contributed by atoms with van der Waals surface area (Å²) in [6.07, 6.45) is 0.186. The van der Waals surface area contributed by atoms with Crippen LogP contribution in [0.1, 0.15) is 51.4 Å². The van der Waals surface area contributed by atoms with Gasteiger partial charge in [0.1, 0.15) is 18.7 Å². The summed E-state index contributed by atoms with van der Waals surface area (Å²) in [5.74, 6) is -0.200. The Kier molecular flexibility index (Phi) is 8.55. The average molecular weight is 582 g/mol. The number of Topliss-reactive ketones (excluding diaryl/α,β-unsaturated/α-hetero) is 1. The number of carbonyl (C=O) groups excluding carboxylic acids is 3. The highest BCUT2D eigenvalue weighted by Crippen LogP contribution is 2.37. The number of likely N-dealkylation sites (N-methyl/N-ethyl adjacent to an activating group) is 1. The van der Waals surface area contributed by atoms with Crippen molar-refractivity contribution in [2.75, 3.05) is 51.3 Å². The van der Waals surface area contributed by atoms with Gasteiger partial charge < -0.3 is 24.8 Å². The lowest BCUT2D eigenvalue weighted by Crippen LogP contribution is -2.53. The van der Waals surface area contributed by atoms with Crippen LogP contribution >= 0.6 is 11.3 Å². The van der Waals surface area contributed by atoms with Gasteiger partial charge in [-0.15, -0.1) is 11.3 Å². The molecule has 3 aliphatic heterocycles. The van der Waals surface area contributed by atoms with Gasteiger partial charge in [-0.3, -0.25) is 14.4 Å². The van der Waals surface area contributed by atoms with E-state index in [9.17, 15) is 14.4 Å². The minimum absolute atomic E-state index is 0.0425. The molecular formula is C31H43N5O4S. The molecule has 1 aromatic carbocycles. The van der Waals surface area contributed by atoms with Gasteiger partial charge >= 0.3 is 0 Å². The summed E-state index contributed by atoms with van der Waals surface area (Å²) in [5, 5.41) is 6.09. The number of carbonyl (C=O) groups is 3. The van der Waals surface area contributed by atoms with Crippen LogP contribution in [-0.2, 0) is 14.3 Å². The molecule has 9 nitrogen and oxygen atoms in total. The Labute approximate surface area is 247 Å². The lowest BCUT2D eigenvalue weighted by Gasteiger charge is -2.32. The Balaban J connectivity index is 1.29. The minimum Gasteiger partial charge on any atom is -0.367 e. The largest absolute Gasteiger partial charge is 0.367 e. The third kappa shape index (κ3) is 6.49. The number of piperazine rings is 1. The predicted molar refractivity (Wildman–Crippen MR) is 161 cm³/mol. The van der Waals surface area contributed by atoms with Gasteiger partial charge in [0.2, 0.25) is 5.91 Å². The van der Waals surface area contributed by atoms with Crippen molar-refractivity contribution in [2.24, 2.45) is 17.3 Å². The first-order chi connectivity index (χ1) is 19.4. The van der Waals surface area contributed by atoms with Crippen LogP contribution in [0.3, 0.4) is 0 Å². The summed E-state index contributed by atoms with van der Waals surface area (Å²) in [6.45, 7) is 14.8. The number of thiazole rings is 1. The van der Waals surface area contributed by atoms with E-state index in [4.69, 9.17) is 9.72 Å². The molecule has 3 saturated heterocycles. The van der Waals surface area contributed by atoms with Gasteiger partial charge in [0.05, 0.1) is 11.8 Å². The number of amides is 2. The van der Waals surface area contributed by atoms with Gasteiger partial charge in [-0.25, -0.2) is 4.98 Å². The van der Waals surface area contributed by atoms with Crippen LogP contribution in [0.2, 0.25) is 0 Å². The van der Waals surface area contributed by atoms with E-state index in [0.717, 1.165) is 42.6 Å². The maximum absolute atomic E-state index is 13.9. The van der Waals surface area contributed by atoms with Crippen molar-refractivity contribution in [1.82, 2.24) is 20.1 Å². The molecule has 1 unspecified atom stereocenters. The molecule has 2 aromatic rings. The Morgan fingerprint density at radius 3 is 2.44 bits per heavy atom. The minimum atomic E-state index is -0.744. The summed E-state index contributed by atoms with van der Waals surface area (Å²) in [7, 11) is 2.14. The molecule has 10 heteroatoms. The number of nitrogens with zero attached hydrogens (tertiary/aromatic N) is 4. The van der Waals surface area contributed by atoms with Crippen molar-refractivity contribution in [3.63, 3.8) is 0 Å². The van der Waals surface area contributed by atoms with E-state index in [2.05, 4.69) is 41.4 Å². The third-order valence-electron chi connectivity index (χ3n) is 8.49. The van der Waals surface area contributed by atoms with E-state index in [0.29, 0.717) is 18.5 Å². The monoisotopic (exact) mass is 581 g/mol. The number of ether oxygens (including phenoxy) is 1. The van der Waals surface area contributed by atoms with Gasteiger partial charge in [-0.05, 0) is 36.9 Å². The van der Waals surface area contributed by atoms with E-state index in [1.54, 1.807) is 28.4 Å². The SMILES string of the molecule is CC(C)[C@H]1CN(C(=O)C(CC(C)(C)C)NC(=O)c2ccc(-c3csc(N4CCN(C)CC4)n3)cc2)[C@@H]2C(=O)CO[C@H]12. The Morgan fingerprint density at radius 2 is 1.80 bits per heavy atom. The molecule has 1 N–H and O–H groups in total. The number of likely N-dealkylation sites (tertiary alicyclic amines) is 1. The zero-order valence-corrected chi connectivity index (χ0v) is 25.9. The smallest absolute Gasteiger partial charge is 0.251 e. The topological polar surface area (TPSA) is 95.1 Å². The molecule has 0 spiro atoms. The highest BCUT2D eigenvalue weighted by Gasteiger charge is 2.53. The van der Waals surface area contributed by atoms with E-state index < -0.39 is 12.1 Å². The summed E-state index contributed by atoms with van der Waals surface area (Å²) in [4.78, 5) is 51.2. The summed E-state index contributed by atoms with van der Waals surface area (Å²) in [5.41, 5.74) is 2.11. The molecule has 0 radical (unpaired) electrons. The molecule has 3 fully saturated rings. The van der Waals surface area contributed by atoms with E-state index >= 15 is 0 Å². The summed E-state index contributed by atoms with van der Waals surface area (Å²) >= 11 is 1.64. The summed E-state index contributed by atoms with van der Waals surface area (Å²) < 4.78 is 5.82. The standard InChI is InChI=1S/C31H43N5O4S/c1-19(2)22-16-36(26-25(37)17-40-27(22)26)29(39)23(15-31(3,4)5)32-28(38)21-9-7-20(8-10-21)24-18-41-30(33-24)35-13-11-34(6)12-14-35/h7-10,18-19,22-23,26-27H,11-17H2,1-6H3,(H,32,38)/t22-,23?,26-,27-/m1/s1. The van der Waals surface area contributed by atoms with Crippen molar-refractivity contribution in [3.8, 4) is 11.3 Å². The molecule has 2 amide bonds. The van der Waals surface area contributed by atoms with Crippen LogP contribution in [0.4, 0.5) is 5.13 Å². The predicted octanol–water partition coefficient (Wildman–Crippen LogP) is 3.55. The van der Waals surface area contributed by atoms with Crippen molar-refractivity contribution in [3.05, 3.63) is 35.2 Å². The van der Waals surface area contributed by atoms with Crippen molar-refractivity contribution in [2.45, 2.75) is 59.2 Å². The molecular weight excluding hydrogens is 538 g/mol. The average Bonchev–Trinajstić information content (AvgIpc) is 3.65. The number of rotatable bonds is 7. The highest BCUT2D eigenvalue weighted by atomic mass is 32.1. The number of nitrogens with one attached hydrogen (secondary N) is 1. The molecule has 41 heavy (non-hydrogen) atoms. The highest BCUT2D eigenvalue weighted by molar-refractivity contribution is 7.14. The fraction of sp³-hybridized carbons (Fsp3) is 0.613. The van der Waals surface area contributed by atoms with Gasteiger partial charge in [0.25, 0.3) is 5.91 Å². The second kappa shape index (κ2) is 11.8. The summed E-state index contributed by atoms with van der Waals surface area (Å²) in [6, 6.07) is 6.07. The van der Waals surface area contributed by atoms with E-state index in [1.807, 2.05) is 32.9 Å². The molecule has 4 heterocycles. The molecule has 222 valence electrons. The van der Waals surface area contributed by atoms with Gasteiger partial charge in [0.15, 0.2) is 10.9 Å². The Hall–Kier alpha value is -2.82. The Morgan fingerprint density at radius 1 is 1.12 bits per heavy atom. The zero-order valence-electron chi connectivity index (χ0n) is 25.1. The number of aromatic nitrogens is 1. The quantitative estimate of drug-likeness (QED) is 0.535. The van der Waals surface area contributed by atoms with Crippen LogP contribution in [-0.4, -0.2) is 96.9 Å². The Bertz CT molecular complexity index is 1260. The van der Waals surface area contributed by atoms with Crippen molar-refractivity contribution in [1.29, 1.82) is 0 Å². The van der Waals surface area contributed by atoms with Crippen LogP contribution in [0.25, 0.3) is 11.3 Å². The third-order valence-corrected chi connectivity index (χ3v) is 9.39. The first kappa shape index (κ1) is 29.7. The van der Waals surface area contributed by atoms with Crippen molar-refractivity contribution >= 4 is 34.1 Å². The number of anilines is 1. The molecule has 3 aliphatic rings. The maximum atomic E-state index is 13.9. The van der Waals surface area contributed by atoms with Gasteiger partial charge in [0, 0.05) is 55.1 Å². The molecule has 4 atom stereocenters. The van der Waals surface area contributed by atoms with Crippen molar-refractivity contribution < 1.29 is 19.1 Å². The zero-order chi connectivity index (χ0) is 29.5. The molecule has 1 aromatic heterocycles. The normalized spacial score (nSPS) is 24.2. The first-order valence-corrected chi connectivity index (χ1v) is 15.5. The van der Waals surface area contributed by atoms with Crippen LogP contribution in [0.5, 0.6) is 0 Å². The molecule has 0 saturated carbocycles.